The van der Waals surface area contributed by atoms with Crippen molar-refractivity contribution >= 4 is 34.1 Å². The van der Waals surface area contributed by atoms with Gasteiger partial charge in [-0.1, -0.05) is 30.3 Å². The minimum absolute atomic E-state index is 0.595. The van der Waals surface area contributed by atoms with Crippen molar-refractivity contribution in [2.45, 2.75) is 0 Å². The van der Waals surface area contributed by atoms with Gasteiger partial charge in [0.25, 0.3) is 0 Å². The number of benzene rings is 2. The smallest absolute Gasteiger partial charge is 0.145 e. The molecule has 24 heavy (non-hydrogen) atoms. The molecule has 0 saturated heterocycles. The standard InChI is InChI=1S/C19H14IN3O/c1-24-15-9-5-6-13(10-15)17-12-22-19(18(20)16(17)11-21)23-14-7-3-2-4-8-14/h2-10,12H,1H3,(H,22,23). The van der Waals surface area contributed by atoms with Crippen LogP contribution in [0.4, 0.5) is 11.5 Å². The van der Waals surface area contributed by atoms with Crippen molar-refractivity contribution < 1.29 is 4.74 Å². The molecule has 0 unspecified atom stereocenters. The summed E-state index contributed by atoms with van der Waals surface area (Å²) in [7, 11) is 1.62. The molecule has 0 radical (unpaired) electrons. The number of methoxy groups -OCH3 is 1. The molecule has 0 aliphatic heterocycles. The first-order chi connectivity index (χ1) is 11.7. The van der Waals surface area contributed by atoms with Crippen LogP contribution in [0.2, 0.25) is 0 Å². The maximum Gasteiger partial charge on any atom is 0.145 e. The first-order valence-corrected chi connectivity index (χ1v) is 8.36. The minimum atomic E-state index is 0.595. The molecule has 0 atom stereocenters. The van der Waals surface area contributed by atoms with Gasteiger partial charge in [-0.3, -0.25) is 0 Å². The Morgan fingerprint density at radius 2 is 1.92 bits per heavy atom. The fourth-order valence-corrected chi connectivity index (χ4v) is 3.04. The minimum Gasteiger partial charge on any atom is -0.497 e. The Balaban J connectivity index is 2.04. The predicted octanol–water partition coefficient (Wildman–Crippen LogP) is 4.98. The van der Waals surface area contributed by atoms with Gasteiger partial charge in [0.05, 0.1) is 16.2 Å². The number of hydrogen-bond acceptors (Lipinski definition) is 4. The van der Waals surface area contributed by atoms with Crippen molar-refractivity contribution in [1.82, 2.24) is 4.98 Å². The number of ether oxygens (including phenoxy) is 1. The van der Waals surface area contributed by atoms with Crippen molar-refractivity contribution in [2.24, 2.45) is 0 Å². The molecule has 118 valence electrons. The SMILES string of the molecule is COc1cccc(-c2cnc(Nc3ccccc3)c(I)c2C#N)c1. The van der Waals surface area contributed by atoms with Crippen LogP contribution in [-0.4, -0.2) is 12.1 Å². The van der Waals surface area contributed by atoms with Gasteiger partial charge in [0.1, 0.15) is 17.6 Å². The average Bonchev–Trinajstić information content (AvgIpc) is 2.64. The first kappa shape index (κ1) is 16.3. The van der Waals surface area contributed by atoms with Gasteiger partial charge < -0.3 is 10.1 Å². The number of para-hydroxylation sites is 1. The van der Waals surface area contributed by atoms with Gasteiger partial charge in [0.15, 0.2) is 0 Å². The molecular weight excluding hydrogens is 413 g/mol. The van der Waals surface area contributed by atoms with Crippen molar-refractivity contribution in [1.29, 1.82) is 5.26 Å². The highest BCUT2D eigenvalue weighted by atomic mass is 127. The summed E-state index contributed by atoms with van der Waals surface area (Å²) < 4.78 is 6.06. The van der Waals surface area contributed by atoms with Gasteiger partial charge in [-0.25, -0.2) is 4.98 Å². The Morgan fingerprint density at radius 3 is 2.62 bits per heavy atom. The summed E-state index contributed by atoms with van der Waals surface area (Å²) in [5.74, 6) is 1.42. The van der Waals surface area contributed by atoms with Crippen molar-refractivity contribution in [2.75, 3.05) is 12.4 Å². The highest BCUT2D eigenvalue weighted by Gasteiger charge is 2.14. The summed E-state index contributed by atoms with van der Waals surface area (Å²) in [6, 6.07) is 19.7. The largest absolute Gasteiger partial charge is 0.497 e. The molecule has 4 nitrogen and oxygen atoms in total. The molecular formula is C19H14IN3O. The van der Waals surface area contributed by atoms with Crippen molar-refractivity contribution in [3.8, 4) is 22.9 Å². The Labute approximate surface area is 154 Å². The number of aromatic nitrogens is 1. The lowest BCUT2D eigenvalue weighted by molar-refractivity contribution is 0.415. The van der Waals surface area contributed by atoms with Gasteiger partial charge in [-0.05, 0) is 52.4 Å². The van der Waals surface area contributed by atoms with Crippen LogP contribution in [-0.2, 0) is 0 Å². The zero-order valence-electron chi connectivity index (χ0n) is 13.0. The molecule has 3 aromatic rings. The third kappa shape index (κ3) is 3.34. The van der Waals surface area contributed by atoms with E-state index in [1.807, 2.05) is 54.6 Å². The van der Waals surface area contributed by atoms with E-state index in [4.69, 9.17) is 4.74 Å². The van der Waals surface area contributed by atoms with Gasteiger partial charge >= 0.3 is 0 Å². The zero-order chi connectivity index (χ0) is 16.9. The molecule has 0 aliphatic rings. The molecule has 5 heteroatoms. The van der Waals surface area contributed by atoms with E-state index >= 15 is 0 Å². The monoisotopic (exact) mass is 427 g/mol. The molecule has 0 aliphatic carbocycles. The number of anilines is 2. The molecule has 0 saturated carbocycles. The molecule has 2 aromatic carbocycles. The number of pyridine rings is 1. The number of rotatable bonds is 4. The molecule has 1 heterocycles. The second-order valence-electron chi connectivity index (χ2n) is 5.04. The molecule has 0 bridgehead atoms. The number of nitrogens with zero attached hydrogens (tertiary/aromatic N) is 2. The lowest BCUT2D eigenvalue weighted by Crippen LogP contribution is -2.00. The normalized spacial score (nSPS) is 10.0. The van der Waals surface area contributed by atoms with Gasteiger partial charge in [-0.2, -0.15) is 5.26 Å². The number of nitriles is 1. The lowest BCUT2D eigenvalue weighted by Gasteiger charge is -2.12. The van der Waals surface area contributed by atoms with Crippen LogP contribution in [0, 0.1) is 14.9 Å². The lowest BCUT2D eigenvalue weighted by atomic mass is 10.0. The van der Waals surface area contributed by atoms with Crippen LogP contribution < -0.4 is 10.1 Å². The summed E-state index contributed by atoms with van der Waals surface area (Å²) in [5.41, 5.74) is 3.22. The van der Waals surface area contributed by atoms with Crippen LogP contribution in [0.3, 0.4) is 0 Å². The maximum atomic E-state index is 9.64. The van der Waals surface area contributed by atoms with Gasteiger partial charge in [0.2, 0.25) is 0 Å². The summed E-state index contributed by atoms with van der Waals surface area (Å²) in [5, 5.41) is 12.9. The van der Waals surface area contributed by atoms with Gasteiger partial charge in [-0.15, -0.1) is 0 Å². The van der Waals surface area contributed by atoms with E-state index in [1.54, 1.807) is 13.3 Å². The van der Waals surface area contributed by atoms with E-state index in [-0.39, 0.29) is 0 Å². The number of hydrogen-bond donors (Lipinski definition) is 1. The Hall–Kier alpha value is -2.59. The van der Waals surface area contributed by atoms with Crippen LogP contribution in [0.1, 0.15) is 5.56 Å². The number of nitrogens with one attached hydrogen (secondary N) is 1. The van der Waals surface area contributed by atoms with E-state index in [0.29, 0.717) is 11.4 Å². The highest BCUT2D eigenvalue weighted by molar-refractivity contribution is 14.1. The van der Waals surface area contributed by atoms with Crippen molar-refractivity contribution in [3.05, 3.63) is 69.9 Å². The zero-order valence-corrected chi connectivity index (χ0v) is 15.1. The second kappa shape index (κ2) is 7.32. The Kier molecular flexibility index (Phi) is 4.96. The maximum absolute atomic E-state index is 9.64. The van der Waals surface area contributed by atoms with Gasteiger partial charge in [0, 0.05) is 17.4 Å². The van der Waals surface area contributed by atoms with E-state index in [0.717, 1.165) is 26.1 Å². The number of halogens is 1. The second-order valence-corrected chi connectivity index (χ2v) is 6.12. The Bertz CT molecular complexity index is 904. The fraction of sp³-hybridized carbons (Fsp3) is 0.0526. The summed E-state index contributed by atoms with van der Waals surface area (Å²) >= 11 is 2.16. The van der Waals surface area contributed by atoms with E-state index in [2.05, 4.69) is 39.0 Å². The first-order valence-electron chi connectivity index (χ1n) is 7.28. The van der Waals surface area contributed by atoms with Crippen LogP contribution in [0.25, 0.3) is 11.1 Å². The molecule has 1 N–H and O–H groups in total. The molecule has 0 fully saturated rings. The topological polar surface area (TPSA) is 57.9 Å². The summed E-state index contributed by atoms with van der Waals surface area (Å²) in [6.07, 6.45) is 1.72. The van der Waals surface area contributed by atoms with Crippen LogP contribution in [0.15, 0.2) is 60.8 Å². The van der Waals surface area contributed by atoms with Crippen LogP contribution in [0.5, 0.6) is 5.75 Å². The van der Waals surface area contributed by atoms with E-state index in [1.165, 1.54) is 0 Å². The quantitative estimate of drug-likeness (QED) is 0.597. The highest BCUT2D eigenvalue weighted by Crippen LogP contribution is 2.32. The molecule has 1 aromatic heterocycles. The molecule has 0 spiro atoms. The Morgan fingerprint density at radius 1 is 1.12 bits per heavy atom. The summed E-state index contributed by atoms with van der Waals surface area (Å²) in [4.78, 5) is 4.50. The predicted molar refractivity (Wildman–Crippen MR) is 103 cm³/mol. The third-order valence-corrected chi connectivity index (χ3v) is 4.60. The molecule has 3 rings (SSSR count). The third-order valence-electron chi connectivity index (χ3n) is 3.55. The van der Waals surface area contributed by atoms with Crippen LogP contribution >= 0.6 is 22.6 Å². The fourth-order valence-electron chi connectivity index (χ4n) is 2.35. The van der Waals surface area contributed by atoms with E-state index in [9.17, 15) is 5.26 Å². The van der Waals surface area contributed by atoms with Crippen molar-refractivity contribution in [3.63, 3.8) is 0 Å². The average molecular weight is 427 g/mol. The molecule has 0 amide bonds. The van der Waals surface area contributed by atoms with E-state index < -0.39 is 0 Å². The summed E-state index contributed by atoms with van der Waals surface area (Å²) in [6.45, 7) is 0.